The molecule has 1 fully saturated rings. The molecule has 16 heavy (non-hydrogen) atoms. The number of nitrogens with two attached hydrogens (primary N) is 1. The van der Waals surface area contributed by atoms with Crippen LogP contribution in [0.15, 0.2) is 24.4 Å². The molecule has 0 bridgehead atoms. The molecule has 0 spiro atoms. The summed E-state index contributed by atoms with van der Waals surface area (Å²) < 4.78 is 0. The van der Waals surface area contributed by atoms with E-state index in [1.165, 1.54) is 0 Å². The van der Waals surface area contributed by atoms with Crippen LogP contribution < -0.4 is 5.73 Å². The number of piperidine rings is 1. The molecule has 1 aromatic rings. The number of pyridine rings is 1. The molecule has 2 unspecified atom stereocenters. The summed E-state index contributed by atoms with van der Waals surface area (Å²) in [6.45, 7) is 2.67. The van der Waals surface area contributed by atoms with Crippen molar-refractivity contribution >= 4 is 5.91 Å². The Labute approximate surface area is 95.5 Å². The fourth-order valence-corrected chi connectivity index (χ4v) is 2.28. The lowest BCUT2D eigenvalue weighted by molar-refractivity contribution is -0.137. The third kappa shape index (κ3) is 1.93. The van der Waals surface area contributed by atoms with Gasteiger partial charge in [-0.3, -0.25) is 9.78 Å². The minimum absolute atomic E-state index is 0.00690. The van der Waals surface area contributed by atoms with Crippen molar-refractivity contribution in [3.8, 4) is 0 Å². The zero-order chi connectivity index (χ0) is 11.5. The van der Waals surface area contributed by atoms with Gasteiger partial charge in [0.25, 0.3) is 0 Å². The first kappa shape index (κ1) is 11.1. The van der Waals surface area contributed by atoms with E-state index in [9.17, 15) is 4.79 Å². The highest BCUT2D eigenvalue weighted by Gasteiger charge is 2.34. The molecule has 86 valence electrons. The van der Waals surface area contributed by atoms with Crippen molar-refractivity contribution in [2.75, 3.05) is 6.54 Å². The van der Waals surface area contributed by atoms with E-state index < -0.39 is 0 Å². The molecular formula is C12H17N3O. The van der Waals surface area contributed by atoms with Crippen LogP contribution in [-0.4, -0.2) is 28.4 Å². The van der Waals surface area contributed by atoms with Crippen molar-refractivity contribution in [2.24, 2.45) is 5.73 Å². The molecule has 2 N–H and O–H groups in total. The summed E-state index contributed by atoms with van der Waals surface area (Å²) in [6, 6.07) is 5.67. The van der Waals surface area contributed by atoms with Crippen LogP contribution in [-0.2, 0) is 4.79 Å². The van der Waals surface area contributed by atoms with Crippen molar-refractivity contribution in [1.29, 1.82) is 0 Å². The van der Waals surface area contributed by atoms with Crippen molar-refractivity contribution in [3.63, 3.8) is 0 Å². The fraction of sp³-hybridized carbons (Fsp3) is 0.500. The SMILES string of the molecule is CCN1C(=O)CCC(N)C1c1ccccn1. The average molecular weight is 219 g/mol. The van der Waals surface area contributed by atoms with Gasteiger partial charge >= 0.3 is 0 Å². The van der Waals surface area contributed by atoms with Gasteiger partial charge in [-0.1, -0.05) is 6.07 Å². The summed E-state index contributed by atoms with van der Waals surface area (Å²) in [5.74, 6) is 0.180. The number of hydrogen-bond donors (Lipinski definition) is 1. The molecule has 1 amide bonds. The lowest BCUT2D eigenvalue weighted by Gasteiger charge is -2.38. The number of rotatable bonds is 2. The standard InChI is InChI=1S/C12H17N3O/c1-2-15-11(16)7-6-9(13)12(15)10-5-3-4-8-14-10/h3-5,8-9,12H,2,6-7,13H2,1H3. The number of amides is 1. The molecule has 0 aromatic carbocycles. The molecule has 0 aliphatic carbocycles. The predicted molar refractivity (Wildman–Crippen MR) is 61.6 cm³/mol. The minimum atomic E-state index is -0.0625. The van der Waals surface area contributed by atoms with Crippen LogP contribution >= 0.6 is 0 Å². The van der Waals surface area contributed by atoms with E-state index in [0.29, 0.717) is 13.0 Å². The number of hydrogen-bond acceptors (Lipinski definition) is 3. The average Bonchev–Trinajstić information content (AvgIpc) is 2.33. The maximum Gasteiger partial charge on any atom is 0.223 e. The maximum atomic E-state index is 11.8. The molecule has 2 rings (SSSR count). The van der Waals surface area contributed by atoms with Crippen LogP contribution in [0.25, 0.3) is 0 Å². The second-order valence-electron chi connectivity index (χ2n) is 4.08. The Bertz CT molecular complexity index is 366. The maximum absolute atomic E-state index is 11.8. The minimum Gasteiger partial charge on any atom is -0.333 e. The number of carbonyl (C=O) groups is 1. The Morgan fingerprint density at radius 2 is 2.38 bits per heavy atom. The van der Waals surface area contributed by atoms with Gasteiger partial charge in [0.1, 0.15) is 0 Å². The molecule has 0 saturated carbocycles. The zero-order valence-corrected chi connectivity index (χ0v) is 9.47. The summed E-state index contributed by atoms with van der Waals surface area (Å²) in [7, 11) is 0. The molecule has 1 aromatic heterocycles. The Morgan fingerprint density at radius 3 is 3.00 bits per heavy atom. The van der Waals surface area contributed by atoms with Gasteiger partial charge in [0, 0.05) is 25.2 Å². The first-order valence-electron chi connectivity index (χ1n) is 5.70. The number of carbonyl (C=O) groups excluding carboxylic acids is 1. The molecule has 1 aliphatic heterocycles. The van der Waals surface area contributed by atoms with E-state index in [1.54, 1.807) is 6.20 Å². The molecule has 1 aliphatic rings. The summed E-state index contributed by atoms with van der Waals surface area (Å²) in [6.07, 6.45) is 3.05. The van der Waals surface area contributed by atoms with Crippen LogP contribution in [0.2, 0.25) is 0 Å². The summed E-state index contributed by atoms with van der Waals surface area (Å²) >= 11 is 0. The van der Waals surface area contributed by atoms with Crippen molar-refractivity contribution in [1.82, 2.24) is 9.88 Å². The molecule has 2 atom stereocenters. The van der Waals surface area contributed by atoms with Crippen LogP contribution in [0.5, 0.6) is 0 Å². The highest BCUT2D eigenvalue weighted by Crippen LogP contribution is 2.29. The zero-order valence-electron chi connectivity index (χ0n) is 9.47. The lowest BCUT2D eigenvalue weighted by atomic mass is 9.93. The van der Waals surface area contributed by atoms with E-state index in [0.717, 1.165) is 12.1 Å². The van der Waals surface area contributed by atoms with E-state index in [1.807, 2.05) is 30.0 Å². The number of nitrogens with zero attached hydrogens (tertiary/aromatic N) is 2. The van der Waals surface area contributed by atoms with Gasteiger partial charge in [-0.25, -0.2) is 0 Å². The van der Waals surface area contributed by atoms with E-state index in [-0.39, 0.29) is 18.0 Å². The quantitative estimate of drug-likeness (QED) is 0.810. The fourth-order valence-electron chi connectivity index (χ4n) is 2.28. The second-order valence-corrected chi connectivity index (χ2v) is 4.08. The molecular weight excluding hydrogens is 202 g/mol. The third-order valence-electron chi connectivity index (χ3n) is 3.08. The molecule has 4 nitrogen and oxygen atoms in total. The normalized spacial score (nSPS) is 25.9. The topological polar surface area (TPSA) is 59.2 Å². The molecule has 2 heterocycles. The molecule has 0 radical (unpaired) electrons. The molecule has 1 saturated heterocycles. The summed E-state index contributed by atoms with van der Waals surface area (Å²) in [5, 5.41) is 0. The predicted octanol–water partition coefficient (Wildman–Crippen LogP) is 1.09. The van der Waals surface area contributed by atoms with Gasteiger partial charge in [0.15, 0.2) is 0 Å². The van der Waals surface area contributed by atoms with Crippen LogP contribution in [0.3, 0.4) is 0 Å². The van der Waals surface area contributed by atoms with E-state index >= 15 is 0 Å². The van der Waals surface area contributed by atoms with Gasteiger partial charge in [-0.15, -0.1) is 0 Å². The number of likely N-dealkylation sites (N-methyl/N-ethyl adjacent to an activating group) is 1. The lowest BCUT2D eigenvalue weighted by Crippen LogP contribution is -2.48. The van der Waals surface area contributed by atoms with Crippen LogP contribution in [0.4, 0.5) is 0 Å². The first-order chi connectivity index (χ1) is 7.74. The van der Waals surface area contributed by atoms with Gasteiger partial charge < -0.3 is 10.6 Å². The Balaban J connectivity index is 2.31. The monoisotopic (exact) mass is 219 g/mol. The third-order valence-corrected chi connectivity index (χ3v) is 3.08. The highest BCUT2D eigenvalue weighted by molar-refractivity contribution is 5.77. The smallest absolute Gasteiger partial charge is 0.223 e. The Kier molecular flexibility index (Phi) is 3.19. The van der Waals surface area contributed by atoms with Gasteiger partial charge in [0.05, 0.1) is 11.7 Å². The summed E-state index contributed by atoms with van der Waals surface area (Å²) in [5.41, 5.74) is 7.00. The van der Waals surface area contributed by atoms with Crippen LogP contribution in [0, 0.1) is 0 Å². The molecule has 4 heteroatoms. The highest BCUT2D eigenvalue weighted by atomic mass is 16.2. The van der Waals surface area contributed by atoms with E-state index in [4.69, 9.17) is 5.73 Å². The Hall–Kier alpha value is -1.42. The van der Waals surface area contributed by atoms with Crippen molar-refractivity contribution < 1.29 is 4.79 Å². The van der Waals surface area contributed by atoms with E-state index in [2.05, 4.69) is 4.98 Å². The van der Waals surface area contributed by atoms with Gasteiger partial charge in [0.2, 0.25) is 5.91 Å². The number of likely N-dealkylation sites (tertiary alicyclic amines) is 1. The number of aromatic nitrogens is 1. The first-order valence-corrected chi connectivity index (χ1v) is 5.70. The largest absolute Gasteiger partial charge is 0.333 e. The Morgan fingerprint density at radius 1 is 1.56 bits per heavy atom. The van der Waals surface area contributed by atoms with Gasteiger partial charge in [-0.05, 0) is 25.5 Å². The second kappa shape index (κ2) is 4.61. The van der Waals surface area contributed by atoms with Crippen LogP contribution in [0.1, 0.15) is 31.5 Å². The van der Waals surface area contributed by atoms with Crippen molar-refractivity contribution in [2.45, 2.75) is 31.8 Å². The summed E-state index contributed by atoms with van der Waals surface area (Å²) in [4.78, 5) is 17.9. The van der Waals surface area contributed by atoms with Crippen molar-refractivity contribution in [3.05, 3.63) is 30.1 Å². The van der Waals surface area contributed by atoms with Gasteiger partial charge in [-0.2, -0.15) is 0 Å².